The van der Waals surface area contributed by atoms with Crippen LogP contribution in [0.15, 0.2) is 24.3 Å². The van der Waals surface area contributed by atoms with Crippen LogP contribution in [-0.4, -0.2) is 46.0 Å². The monoisotopic (exact) mass is 280 g/mol. The van der Waals surface area contributed by atoms with Crippen LogP contribution in [0.1, 0.15) is 12.5 Å². The second kappa shape index (κ2) is 6.30. The van der Waals surface area contributed by atoms with Gasteiger partial charge in [0.15, 0.2) is 0 Å². The maximum absolute atomic E-state index is 12.3. The summed E-state index contributed by atoms with van der Waals surface area (Å²) in [7, 11) is 0. The van der Waals surface area contributed by atoms with Gasteiger partial charge in [0.05, 0.1) is 6.04 Å². The molecule has 19 heavy (non-hydrogen) atoms. The zero-order chi connectivity index (χ0) is 13.8. The molecule has 0 aliphatic carbocycles. The summed E-state index contributed by atoms with van der Waals surface area (Å²) in [6.07, 6.45) is 0.509. The summed E-state index contributed by atoms with van der Waals surface area (Å²) in [6.45, 7) is 2.85. The summed E-state index contributed by atoms with van der Waals surface area (Å²) in [5.41, 5.74) is 6.99. The van der Waals surface area contributed by atoms with E-state index in [4.69, 9.17) is 5.73 Å². The Bertz CT molecular complexity index is 436. The zero-order valence-corrected chi connectivity index (χ0v) is 11.9. The number of nitrogens with two attached hydrogens (primary N) is 1. The van der Waals surface area contributed by atoms with E-state index >= 15 is 0 Å². The van der Waals surface area contributed by atoms with Gasteiger partial charge >= 0.3 is 0 Å². The first-order valence-corrected chi connectivity index (χ1v) is 7.65. The minimum Gasteiger partial charge on any atom is -0.508 e. The number of phenolic OH excluding ortho intramolecular Hbond substituents is 1. The number of amides is 1. The SMILES string of the molecule is CC1CSCCN1C(=O)[C@@H](N)Cc1ccc(O)cc1. The van der Waals surface area contributed by atoms with Gasteiger partial charge in [-0.15, -0.1) is 0 Å². The molecule has 4 nitrogen and oxygen atoms in total. The molecule has 1 aliphatic heterocycles. The quantitative estimate of drug-likeness (QED) is 0.874. The second-order valence-electron chi connectivity index (χ2n) is 4.93. The fraction of sp³-hybridized carbons (Fsp3) is 0.500. The summed E-state index contributed by atoms with van der Waals surface area (Å²) in [6, 6.07) is 6.60. The van der Waals surface area contributed by atoms with Crippen LogP contribution in [0.25, 0.3) is 0 Å². The number of carbonyl (C=O) groups excluding carboxylic acids is 1. The third-order valence-electron chi connectivity index (χ3n) is 3.36. The van der Waals surface area contributed by atoms with E-state index in [9.17, 15) is 9.90 Å². The van der Waals surface area contributed by atoms with Crippen molar-refractivity contribution in [2.75, 3.05) is 18.1 Å². The predicted molar refractivity (Wildman–Crippen MR) is 78.3 cm³/mol. The van der Waals surface area contributed by atoms with E-state index < -0.39 is 6.04 Å². The van der Waals surface area contributed by atoms with Crippen LogP contribution in [0.3, 0.4) is 0 Å². The molecule has 1 aromatic carbocycles. The van der Waals surface area contributed by atoms with Crippen molar-refractivity contribution in [3.8, 4) is 5.75 Å². The minimum absolute atomic E-state index is 0.0286. The van der Waals surface area contributed by atoms with Gasteiger partial charge in [0.2, 0.25) is 5.91 Å². The number of aromatic hydroxyl groups is 1. The first-order valence-electron chi connectivity index (χ1n) is 6.49. The number of hydrogen-bond donors (Lipinski definition) is 2. The Kier molecular flexibility index (Phi) is 4.71. The normalized spacial score (nSPS) is 21.2. The van der Waals surface area contributed by atoms with Crippen LogP contribution in [0.5, 0.6) is 5.75 Å². The summed E-state index contributed by atoms with van der Waals surface area (Å²) in [5.74, 6) is 2.23. The Morgan fingerprint density at radius 1 is 1.53 bits per heavy atom. The maximum Gasteiger partial charge on any atom is 0.240 e. The Labute approximate surface area is 118 Å². The van der Waals surface area contributed by atoms with Crippen molar-refractivity contribution in [1.82, 2.24) is 4.90 Å². The maximum atomic E-state index is 12.3. The minimum atomic E-state index is -0.505. The van der Waals surface area contributed by atoms with Crippen LogP contribution in [0.2, 0.25) is 0 Å². The molecule has 0 aromatic heterocycles. The highest BCUT2D eigenvalue weighted by Crippen LogP contribution is 2.18. The molecule has 0 bridgehead atoms. The van der Waals surface area contributed by atoms with Crippen molar-refractivity contribution >= 4 is 17.7 Å². The second-order valence-corrected chi connectivity index (χ2v) is 6.08. The van der Waals surface area contributed by atoms with Crippen molar-refractivity contribution in [3.05, 3.63) is 29.8 Å². The van der Waals surface area contributed by atoms with E-state index in [2.05, 4.69) is 6.92 Å². The van der Waals surface area contributed by atoms with Crippen LogP contribution in [0.4, 0.5) is 0 Å². The third-order valence-corrected chi connectivity index (χ3v) is 4.55. The van der Waals surface area contributed by atoms with E-state index in [0.717, 1.165) is 23.6 Å². The highest BCUT2D eigenvalue weighted by molar-refractivity contribution is 7.99. The molecular weight excluding hydrogens is 260 g/mol. The molecule has 1 heterocycles. The topological polar surface area (TPSA) is 66.6 Å². The number of thioether (sulfide) groups is 1. The van der Waals surface area contributed by atoms with E-state index in [1.165, 1.54) is 0 Å². The Morgan fingerprint density at radius 2 is 2.21 bits per heavy atom. The van der Waals surface area contributed by atoms with E-state index in [0.29, 0.717) is 6.42 Å². The fourth-order valence-corrected chi connectivity index (χ4v) is 3.25. The number of nitrogens with zero attached hydrogens (tertiary/aromatic N) is 1. The summed E-state index contributed by atoms with van der Waals surface area (Å²) < 4.78 is 0. The lowest BCUT2D eigenvalue weighted by atomic mass is 10.0. The fourth-order valence-electron chi connectivity index (χ4n) is 2.24. The van der Waals surface area contributed by atoms with Crippen LogP contribution in [0, 0.1) is 0 Å². The number of hydrogen-bond acceptors (Lipinski definition) is 4. The molecule has 2 atom stereocenters. The molecule has 104 valence electrons. The highest BCUT2D eigenvalue weighted by atomic mass is 32.2. The molecule has 1 amide bonds. The van der Waals surface area contributed by atoms with Crippen molar-refractivity contribution in [3.63, 3.8) is 0 Å². The largest absolute Gasteiger partial charge is 0.508 e. The molecule has 1 aliphatic rings. The average molecular weight is 280 g/mol. The van der Waals surface area contributed by atoms with Gasteiger partial charge in [-0.05, 0) is 31.0 Å². The number of carbonyl (C=O) groups is 1. The van der Waals surface area contributed by atoms with Gasteiger partial charge in [0.25, 0.3) is 0 Å². The summed E-state index contributed by atoms with van der Waals surface area (Å²) in [5, 5.41) is 9.23. The van der Waals surface area contributed by atoms with E-state index in [1.807, 2.05) is 16.7 Å². The van der Waals surface area contributed by atoms with Gasteiger partial charge in [-0.2, -0.15) is 11.8 Å². The highest BCUT2D eigenvalue weighted by Gasteiger charge is 2.27. The molecule has 0 radical (unpaired) electrons. The van der Waals surface area contributed by atoms with Crippen LogP contribution in [-0.2, 0) is 11.2 Å². The Hall–Kier alpha value is -1.20. The third kappa shape index (κ3) is 3.64. The molecule has 1 aromatic rings. The van der Waals surface area contributed by atoms with Gasteiger partial charge in [-0.1, -0.05) is 12.1 Å². The van der Waals surface area contributed by atoms with Crippen molar-refractivity contribution in [2.45, 2.75) is 25.4 Å². The van der Waals surface area contributed by atoms with Gasteiger partial charge in [0, 0.05) is 24.1 Å². The number of rotatable bonds is 3. The molecule has 0 saturated carbocycles. The molecule has 3 N–H and O–H groups in total. The van der Waals surface area contributed by atoms with Gasteiger partial charge < -0.3 is 15.7 Å². The van der Waals surface area contributed by atoms with Crippen LogP contribution < -0.4 is 5.73 Å². The van der Waals surface area contributed by atoms with E-state index in [-0.39, 0.29) is 17.7 Å². The first-order chi connectivity index (χ1) is 9.08. The molecule has 1 fully saturated rings. The molecule has 2 rings (SSSR count). The Balaban J connectivity index is 1.96. The van der Waals surface area contributed by atoms with Crippen molar-refractivity contribution < 1.29 is 9.90 Å². The summed E-state index contributed by atoms with van der Waals surface area (Å²) >= 11 is 1.88. The zero-order valence-electron chi connectivity index (χ0n) is 11.1. The Morgan fingerprint density at radius 3 is 2.84 bits per heavy atom. The van der Waals surface area contributed by atoms with Gasteiger partial charge in [-0.25, -0.2) is 0 Å². The average Bonchev–Trinajstić information content (AvgIpc) is 2.41. The smallest absolute Gasteiger partial charge is 0.240 e. The molecule has 1 saturated heterocycles. The number of benzene rings is 1. The lowest BCUT2D eigenvalue weighted by Crippen LogP contribution is -2.51. The molecule has 0 spiro atoms. The summed E-state index contributed by atoms with van der Waals surface area (Å²) in [4.78, 5) is 14.2. The van der Waals surface area contributed by atoms with Crippen LogP contribution >= 0.6 is 11.8 Å². The molecule has 5 heteroatoms. The van der Waals surface area contributed by atoms with E-state index in [1.54, 1.807) is 24.3 Å². The van der Waals surface area contributed by atoms with Crippen molar-refractivity contribution in [1.29, 1.82) is 0 Å². The van der Waals surface area contributed by atoms with Crippen molar-refractivity contribution in [2.24, 2.45) is 5.73 Å². The van der Waals surface area contributed by atoms with Gasteiger partial charge in [0.1, 0.15) is 5.75 Å². The first kappa shape index (κ1) is 14.2. The lowest BCUT2D eigenvalue weighted by molar-refractivity contribution is -0.134. The molecular formula is C14H20N2O2S. The standard InChI is InChI=1S/C14H20N2O2S/c1-10-9-19-7-6-16(10)14(18)13(15)8-11-2-4-12(17)5-3-11/h2-5,10,13,17H,6-9,15H2,1H3/t10?,13-/m0/s1. The molecule has 1 unspecified atom stereocenters. The predicted octanol–water partition coefficient (Wildman–Crippen LogP) is 1.23. The lowest BCUT2D eigenvalue weighted by Gasteiger charge is -2.34. The van der Waals surface area contributed by atoms with Gasteiger partial charge in [-0.3, -0.25) is 4.79 Å². The number of phenols is 1.